The van der Waals surface area contributed by atoms with Gasteiger partial charge >= 0.3 is 0 Å². The first kappa shape index (κ1) is 23.8. The van der Waals surface area contributed by atoms with Gasteiger partial charge in [0.2, 0.25) is 5.91 Å². The molecule has 0 aromatic carbocycles. The second-order valence-electron chi connectivity index (χ2n) is 10.4. The van der Waals surface area contributed by atoms with Crippen molar-refractivity contribution in [2.75, 3.05) is 40.0 Å². The molecular formula is C22H41FN8O2. The summed E-state index contributed by atoms with van der Waals surface area (Å²) in [4.78, 5) is 15.4. The van der Waals surface area contributed by atoms with E-state index in [4.69, 9.17) is 4.74 Å². The predicted molar refractivity (Wildman–Crippen MR) is 122 cm³/mol. The molecule has 1 amide bonds. The predicted octanol–water partition coefficient (Wildman–Crippen LogP) is -1.48. The van der Waals surface area contributed by atoms with Crippen LogP contribution in [0.4, 0.5) is 4.39 Å². The minimum atomic E-state index is -0.758. The summed E-state index contributed by atoms with van der Waals surface area (Å²) in [5.74, 6) is 0.365. The van der Waals surface area contributed by atoms with Crippen molar-refractivity contribution in [3.63, 3.8) is 0 Å². The number of amides is 1. The Morgan fingerprint density at radius 1 is 1.12 bits per heavy atom. The van der Waals surface area contributed by atoms with Gasteiger partial charge in [0.15, 0.2) is 0 Å². The van der Waals surface area contributed by atoms with Crippen molar-refractivity contribution in [1.29, 1.82) is 0 Å². The molecule has 9 atom stereocenters. The molecule has 0 bridgehead atoms. The summed E-state index contributed by atoms with van der Waals surface area (Å²) in [6.45, 7) is 3.99. The molecule has 1 aliphatic carbocycles. The second kappa shape index (κ2) is 10.8. The van der Waals surface area contributed by atoms with E-state index in [2.05, 4.69) is 49.4 Å². The Morgan fingerprint density at radius 2 is 2.03 bits per heavy atom. The molecule has 5 fully saturated rings. The van der Waals surface area contributed by atoms with Gasteiger partial charge in [0.25, 0.3) is 0 Å². The maximum absolute atomic E-state index is 13.7. The Labute approximate surface area is 195 Å². The third-order valence-electron chi connectivity index (χ3n) is 8.28. The van der Waals surface area contributed by atoms with Gasteiger partial charge in [-0.1, -0.05) is 0 Å². The van der Waals surface area contributed by atoms with Crippen molar-refractivity contribution < 1.29 is 13.9 Å². The lowest BCUT2D eigenvalue weighted by Gasteiger charge is -2.35. The van der Waals surface area contributed by atoms with Crippen molar-refractivity contribution in [1.82, 2.24) is 42.3 Å². The molecule has 0 aromatic rings. The van der Waals surface area contributed by atoms with Crippen molar-refractivity contribution in [2.45, 2.75) is 81.4 Å². The molecule has 5 aliphatic rings. The van der Waals surface area contributed by atoms with Gasteiger partial charge in [0.05, 0.1) is 37.3 Å². The van der Waals surface area contributed by atoms with Crippen molar-refractivity contribution >= 4 is 5.91 Å². The average Bonchev–Trinajstić information content (AvgIpc) is 3.41. The molecule has 33 heavy (non-hydrogen) atoms. The molecule has 7 N–H and O–H groups in total. The summed E-state index contributed by atoms with van der Waals surface area (Å²) in [6.07, 6.45) is 4.31. The zero-order chi connectivity index (χ0) is 22.8. The number of hydrogen-bond donors (Lipinski definition) is 7. The molecule has 188 valence electrons. The number of rotatable bonds is 6. The van der Waals surface area contributed by atoms with Crippen LogP contribution >= 0.6 is 0 Å². The number of fused-ring (bicyclic) bond motifs is 1. The van der Waals surface area contributed by atoms with E-state index in [0.717, 1.165) is 52.0 Å². The van der Waals surface area contributed by atoms with E-state index < -0.39 is 6.17 Å². The Bertz CT molecular complexity index is 668. The van der Waals surface area contributed by atoms with Crippen LogP contribution in [0.25, 0.3) is 0 Å². The van der Waals surface area contributed by atoms with E-state index in [-0.39, 0.29) is 48.4 Å². The van der Waals surface area contributed by atoms with Crippen LogP contribution in [0.3, 0.4) is 0 Å². The number of alkyl halides is 1. The molecule has 0 spiro atoms. The van der Waals surface area contributed by atoms with Gasteiger partial charge in [-0.25, -0.2) is 15.2 Å². The number of hydrazine groups is 1. The molecule has 5 rings (SSSR count). The Balaban J connectivity index is 1.06. The molecule has 10 nitrogen and oxygen atoms in total. The van der Waals surface area contributed by atoms with Gasteiger partial charge in [-0.2, -0.15) is 0 Å². The van der Waals surface area contributed by atoms with Crippen LogP contribution in [-0.2, 0) is 9.53 Å². The number of hydrogen-bond acceptors (Lipinski definition) is 9. The number of carbonyl (C=O) groups excluding carboxylic acids is 1. The molecular weight excluding hydrogens is 427 g/mol. The zero-order valence-corrected chi connectivity index (χ0v) is 19.6. The Kier molecular flexibility index (Phi) is 7.77. The van der Waals surface area contributed by atoms with Gasteiger partial charge < -0.3 is 20.7 Å². The highest BCUT2D eigenvalue weighted by atomic mass is 19.1. The molecule has 0 aromatic heterocycles. The van der Waals surface area contributed by atoms with Crippen LogP contribution in [0.1, 0.15) is 38.5 Å². The summed E-state index contributed by atoms with van der Waals surface area (Å²) in [5, 5.41) is 17.2. The molecule has 4 saturated heterocycles. The van der Waals surface area contributed by atoms with Gasteiger partial charge in [-0.05, 0) is 52.2 Å². The fraction of sp³-hybridized carbons (Fsp3) is 0.955. The third-order valence-corrected chi connectivity index (χ3v) is 8.28. The van der Waals surface area contributed by atoms with Gasteiger partial charge in [0.1, 0.15) is 6.17 Å². The van der Waals surface area contributed by atoms with Crippen LogP contribution in [0, 0.1) is 11.8 Å². The van der Waals surface area contributed by atoms with E-state index in [9.17, 15) is 9.18 Å². The van der Waals surface area contributed by atoms with Crippen molar-refractivity contribution in [2.24, 2.45) is 11.8 Å². The van der Waals surface area contributed by atoms with Crippen LogP contribution in [0.2, 0.25) is 0 Å². The summed E-state index contributed by atoms with van der Waals surface area (Å²) in [5.41, 5.74) is 6.84. The lowest BCUT2D eigenvalue weighted by atomic mass is 9.82. The normalized spacial score (nSPS) is 44.5. The first-order valence-corrected chi connectivity index (χ1v) is 12.8. The Hall–Kier alpha value is -0.920. The van der Waals surface area contributed by atoms with Gasteiger partial charge in [-0.3, -0.25) is 20.3 Å². The minimum Gasteiger partial charge on any atom is -0.376 e. The van der Waals surface area contributed by atoms with E-state index in [1.54, 1.807) is 0 Å². The number of ether oxygens (including phenoxy) is 1. The maximum Gasteiger partial charge on any atom is 0.223 e. The monoisotopic (exact) mass is 468 g/mol. The summed E-state index contributed by atoms with van der Waals surface area (Å²) in [7, 11) is 2.14. The van der Waals surface area contributed by atoms with E-state index in [1.165, 1.54) is 0 Å². The number of halogens is 1. The highest BCUT2D eigenvalue weighted by Gasteiger charge is 2.43. The van der Waals surface area contributed by atoms with E-state index in [1.807, 2.05) is 0 Å². The van der Waals surface area contributed by atoms with E-state index >= 15 is 0 Å². The molecule has 1 saturated carbocycles. The molecule has 0 radical (unpaired) electrons. The molecule has 4 heterocycles. The molecule has 4 aliphatic heterocycles. The minimum absolute atomic E-state index is 0.0145. The number of nitrogens with one attached hydrogen (secondary N) is 7. The van der Waals surface area contributed by atoms with E-state index in [0.29, 0.717) is 25.5 Å². The standard InChI is InChI=1S/C22H41FN8O2/c1-31-20(29-30-21(31)16-5-6-24-12-27-16)10-26-19-8-13(4-7-25-19)22(32)28-17-11-33-18-9-14(23)2-3-15(17)18/h13-21,24-27,29-30H,2-12H2,1H3,(H,28,32)/t13?,14?,15?,16?,17-,18?,19?,20?,21?/m0/s1. The quantitative estimate of drug-likeness (QED) is 0.251. The molecule has 8 unspecified atom stereocenters. The largest absolute Gasteiger partial charge is 0.376 e. The number of carbonyl (C=O) groups is 1. The van der Waals surface area contributed by atoms with Crippen LogP contribution in [0.15, 0.2) is 0 Å². The Morgan fingerprint density at radius 3 is 2.88 bits per heavy atom. The lowest BCUT2D eigenvalue weighted by molar-refractivity contribution is -0.127. The van der Waals surface area contributed by atoms with Crippen molar-refractivity contribution in [3.8, 4) is 0 Å². The summed E-state index contributed by atoms with van der Waals surface area (Å²) in [6, 6.07) is 0.438. The summed E-state index contributed by atoms with van der Waals surface area (Å²) < 4.78 is 19.5. The topological polar surface area (TPSA) is 114 Å². The first-order valence-electron chi connectivity index (χ1n) is 12.8. The van der Waals surface area contributed by atoms with Crippen LogP contribution in [0.5, 0.6) is 0 Å². The lowest BCUT2D eigenvalue weighted by Crippen LogP contribution is -2.58. The maximum atomic E-state index is 13.7. The number of nitrogens with zero attached hydrogens (tertiary/aromatic N) is 1. The smallest absolute Gasteiger partial charge is 0.223 e. The highest BCUT2D eigenvalue weighted by molar-refractivity contribution is 5.79. The number of likely N-dealkylation sites (N-methyl/N-ethyl adjacent to an activating group) is 1. The third kappa shape index (κ3) is 5.51. The average molecular weight is 469 g/mol. The fourth-order valence-corrected chi connectivity index (χ4v) is 6.20. The SMILES string of the molecule is CN1C(CNC2CC(C(=O)N[C@H]3COC4CC(F)CCC43)CCN2)NNC1C1CCNCN1. The van der Waals surface area contributed by atoms with Gasteiger partial charge in [-0.15, -0.1) is 0 Å². The van der Waals surface area contributed by atoms with Gasteiger partial charge in [0, 0.05) is 37.5 Å². The molecule has 11 heteroatoms. The fourth-order valence-electron chi connectivity index (χ4n) is 6.20. The number of piperidine rings is 1. The highest BCUT2D eigenvalue weighted by Crippen LogP contribution is 2.36. The second-order valence-corrected chi connectivity index (χ2v) is 10.4. The zero-order valence-electron chi connectivity index (χ0n) is 19.6. The van der Waals surface area contributed by atoms with Crippen molar-refractivity contribution in [3.05, 3.63) is 0 Å². The van der Waals surface area contributed by atoms with Crippen LogP contribution in [-0.4, -0.2) is 93.6 Å². The first-order chi connectivity index (χ1) is 16.1. The summed E-state index contributed by atoms with van der Waals surface area (Å²) >= 11 is 0. The van der Waals surface area contributed by atoms with Crippen LogP contribution < -0.4 is 37.4 Å².